The topological polar surface area (TPSA) is 115 Å². The zero-order chi connectivity index (χ0) is 23.8. The van der Waals surface area contributed by atoms with Crippen molar-refractivity contribution in [2.45, 2.75) is 13.3 Å². The minimum Gasteiger partial charge on any atom is -0.465 e. The molecular formula is C25H20FN5O3. The number of fused-ring (bicyclic) bond motifs is 2. The molecule has 34 heavy (non-hydrogen) atoms. The first-order valence-electron chi connectivity index (χ1n) is 10.7. The molecule has 0 saturated heterocycles. The molecule has 3 N–H and O–H groups in total. The Labute approximate surface area is 192 Å². The van der Waals surface area contributed by atoms with E-state index >= 15 is 0 Å². The molecule has 0 atom stereocenters. The lowest BCUT2D eigenvalue weighted by Gasteiger charge is -2.12. The number of anilines is 1. The summed E-state index contributed by atoms with van der Waals surface area (Å²) in [5.41, 5.74) is 3.62. The normalized spacial score (nSPS) is 11.2. The van der Waals surface area contributed by atoms with Gasteiger partial charge in [0.1, 0.15) is 5.82 Å². The quantitative estimate of drug-likeness (QED) is 0.354. The largest absolute Gasteiger partial charge is 0.465 e. The molecule has 5 rings (SSSR count). The SMILES string of the molecule is CCN(C(=O)O)c1nc2cc(-c3ccc(F)c(Cc4n[nH]c(=O)c5ccccc45)c3)ccc2[nH]1. The third-order valence-corrected chi connectivity index (χ3v) is 5.79. The van der Waals surface area contributed by atoms with Gasteiger partial charge in [-0.2, -0.15) is 5.10 Å². The molecule has 0 aliphatic carbocycles. The Morgan fingerprint density at radius 3 is 2.56 bits per heavy atom. The first-order chi connectivity index (χ1) is 16.4. The van der Waals surface area contributed by atoms with Crippen molar-refractivity contribution >= 4 is 33.8 Å². The van der Waals surface area contributed by atoms with Crippen LogP contribution in [0.4, 0.5) is 15.1 Å². The van der Waals surface area contributed by atoms with Crippen LogP contribution in [0.2, 0.25) is 0 Å². The van der Waals surface area contributed by atoms with Crippen molar-refractivity contribution in [2.24, 2.45) is 0 Å². The van der Waals surface area contributed by atoms with E-state index in [0.717, 1.165) is 16.0 Å². The van der Waals surface area contributed by atoms with Crippen LogP contribution in [0.3, 0.4) is 0 Å². The van der Waals surface area contributed by atoms with Crippen LogP contribution in [0.15, 0.2) is 65.5 Å². The summed E-state index contributed by atoms with van der Waals surface area (Å²) in [5.74, 6) is -0.123. The molecule has 0 bridgehead atoms. The highest BCUT2D eigenvalue weighted by atomic mass is 19.1. The molecule has 0 aliphatic rings. The van der Waals surface area contributed by atoms with Crippen LogP contribution in [-0.2, 0) is 6.42 Å². The second kappa shape index (κ2) is 8.43. The van der Waals surface area contributed by atoms with Gasteiger partial charge in [0.25, 0.3) is 5.56 Å². The molecule has 2 heterocycles. The fourth-order valence-corrected chi connectivity index (χ4v) is 4.05. The fourth-order valence-electron chi connectivity index (χ4n) is 4.05. The van der Waals surface area contributed by atoms with Crippen molar-refractivity contribution in [3.05, 3.63) is 88.1 Å². The summed E-state index contributed by atoms with van der Waals surface area (Å²) >= 11 is 0. The Bertz CT molecular complexity index is 1610. The Kier molecular flexibility index (Phi) is 5.29. The molecule has 0 radical (unpaired) electrons. The van der Waals surface area contributed by atoms with E-state index in [1.807, 2.05) is 24.3 Å². The number of hydrogen-bond acceptors (Lipinski definition) is 4. The van der Waals surface area contributed by atoms with Gasteiger partial charge in [-0.3, -0.25) is 4.79 Å². The van der Waals surface area contributed by atoms with E-state index in [4.69, 9.17) is 0 Å². The van der Waals surface area contributed by atoms with Crippen molar-refractivity contribution < 1.29 is 14.3 Å². The number of H-pyrrole nitrogens is 2. The van der Waals surface area contributed by atoms with Gasteiger partial charge in [0.05, 0.1) is 22.1 Å². The second-order valence-corrected chi connectivity index (χ2v) is 7.85. The number of nitrogens with zero attached hydrogens (tertiary/aromatic N) is 3. The van der Waals surface area contributed by atoms with Gasteiger partial charge in [-0.15, -0.1) is 0 Å². The summed E-state index contributed by atoms with van der Waals surface area (Å²) in [6.45, 7) is 1.99. The highest BCUT2D eigenvalue weighted by molar-refractivity contribution is 5.89. The molecule has 2 aromatic heterocycles. The second-order valence-electron chi connectivity index (χ2n) is 7.85. The monoisotopic (exact) mass is 457 g/mol. The van der Waals surface area contributed by atoms with E-state index < -0.39 is 6.09 Å². The lowest BCUT2D eigenvalue weighted by Crippen LogP contribution is -2.29. The van der Waals surface area contributed by atoms with E-state index in [2.05, 4.69) is 20.2 Å². The maximum atomic E-state index is 14.7. The van der Waals surface area contributed by atoms with E-state index in [9.17, 15) is 19.1 Å². The Morgan fingerprint density at radius 1 is 1.06 bits per heavy atom. The number of benzene rings is 3. The first kappa shape index (κ1) is 21.3. The number of aromatic nitrogens is 4. The maximum Gasteiger partial charge on any atom is 0.414 e. The summed E-state index contributed by atoms with van der Waals surface area (Å²) in [6.07, 6.45) is -0.885. The summed E-state index contributed by atoms with van der Waals surface area (Å²) < 4.78 is 14.7. The van der Waals surface area contributed by atoms with E-state index in [0.29, 0.717) is 33.1 Å². The molecule has 5 aromatic rings. The molecule has 0 fully saturated rings. The van der Waals surface area contributed by atoms with Gasteiger partial charge in [0, 0.05) is 18.4 Å². The number of imidazole rings is 1. The van der Waals surface area contributed by atoms with Gasteiger partial charge in [0.15, 0.2) is 0 Å². The molecule has 8 nitrogen and oxygen atoms in total. The van der Waals surface area contributed by atoms with Gasteiger partial charge in [-0.05, 0) is 53.9 Å². The zero-order valence-corrected chi connectivity index (χ0v) is 18.2. The highest BCUT2D eigenvalue weighted by Crippen LogP contribution is 2.28. The Morgan fingerprint density at radius 2 is 1.79 bits per heavy atom. The minimum atomic E-state index is -1.09. The number of nitrogens with one attached hydrogen (secondary N) is 2. The van der Waals surface area contributed by atoms with Crippen LogP contribution < -0.4 is 10.5 Å². The number of hydrogen-bond donors (Lipinski definition) is 3. The molecule has 0 aliphatic heterocycles. The standard InChI is InChI=1S/C25H20FN5O3/c1-2-31(25(33)34)24-27-20-10-8-15(12-22(20)28-24)14-7-9-19(26)16(11-14)13-21-17-5-3-4-6-18(17)23(32)30-29-21/h3-12H,2,13H2,1H3,(H,27,28)(H,30,32)(H,33,34). The van der Waals surface area contributed by atoms with Crippen molar-refractivity contribution in [3.63, 3.8) is 0 Å². The molecule has 0 saturated carbocycles. The lowest BCUT2D eigenvalue weighted by molar-refractivity contribution is 0.202. The van der Waals surface area contributed by atoms with Crippen molar-refractivity contribution in [3.8, 4) is 11.1 Å². The lowest BCUT2D eigenvalue weighted by atomic mass is 9.98. The van der Waals surface area contributed by atoms with Crippen molar-refractivity contribution in [1.82, 2.24) is 20.2 Å². The molecular weight excluding hydrogens is 437 g/mol. The van der Waals surface area contributed by atoms with Gasteiger partial charge in [-0.25, -0.2) is 24.2 Å². The number of aromatic amines is 2. The predicted octanol–water partition coefficient (Wildman–Crippen LogP) is 4.70. The van der Waals surface area contributed by atoms with Crippen LogP contribution in [0.5, 0.6) is 0 Å². The molecule has 0 unspecified atom stereocenters. The first-order valence-corrected chi connectivity index (χ1v) is 10.7. The van der Waals surface area contributed by atoms with Crippen LogP contribution in [0, 0.1) is 5.82 Å². The third-order valence-electron chi connectivity index (χ3n) is 5.79. The Hall–Kier alpha value is -4.53. The summed E-state index contributed by atoms with van der Waals surface area (Å²) in [6, 6.07) is 17.5. The number of carbonyl (C=O) groups is 1. The van der Waals surface area contributed by atoms with Crippen LogP contribution in [-0.4, -0.2) is 37.9 Å². The number of halogens is 1. The summed E-state index contributed by atoms with van der Waals surface area (Å²) in [5, 5.41) is 17.2. The fraction of sp³-hybridized carbons (Fsp3) is 0.120. The smallest absolute Gasteiger partial charge is 0.414 e. The van der Waals surface area contributed by atoms with E-state index in [-0.39, 0.29) is 30.3 Å². The van der Waals surface area contributed by atoms with Crippen LogP contribution >= 0.6 is 0 Å². The molecule has 3 aromatic carbocycles. The van der Waals surface area contributed by atoms with Crippen molar-refractivity contribution in [1.29, 1.82) is 0 Å². The maximum absolute atomic E-state index is 14.7. The van der Waals surface area contributed by atoms with Gasteiger partial charge < -0.3 is 10.1 Å². The van der Waals surface area contributed by atoms with Crippen LogP contribution in [0.25, 0.3) is 32.9 Å². The minimum absolute atomic E-state index is 0.204. The number of rotatable bonds is 5. The summed E-state index contributed by atoms with van der Waals surface area (Å²) in [7, 11) is 0. The molecule has 0 spiro atoms. The third kappa shape index (κ3) is 3.77. The summed E-state index contributed by atoms with van der Waals surface area (Å²) in [4.78, 5) is 32.0. The average Bonchev–Trinajstić information content (AvgIpc) is 3.25. The van der Waals surface area contributed by atoms with Crippen LogP contribution in [0.1, 0.15) is 18.2 Å². The Balaban J connectivity index is 1.52. The van der Waals surface area contributed by atoms with E-state index in [1.54, 1.807) is 37.3 Å². The molecule has 1 amide bonds. The van der Waals surface area contributed by atoms with Crippen molar-refractivity contribution in [2.75, 3.05) is 11.4 Å². The van der Waals surface area contributed by atoms with Gasteiger partial charge in [-0.1, -0.05) is 30.3 Å². The zero-order valence-electron chi connectivity index (χ0n) is 18.2. The molecule has 170 valence electrons. The number of amides is 1. The average molecular weight is 457 g/mol. The molecule has 9 heteroatoms. The van der Waals surface area contributed by atoms with Gasteiger partial charge >= 0.3 is 6.09 Å². The van der Waals surface area contributed by atoms with Gasteiger partial charge in [0.2, 0.25) is 5.95 Å². The number of carboxylic acid groups (broad SMARTS) is 1. The van der Waals surface area contributed by atoms with E-state index in [1.165, 1.54) is 6.07 Å². The highest BCUT2D eigenvalue weighted by Gasteiger charge is 2.17. The predicted molar refractivity (Wildman–Crippen MR) is 128 cm³/mol.